The highest BCUT2D eigenvalue weighted by Gasteiger charge is 2.28. The van der Waals surface area contributed by atoms with E-state index >= 15 is 0 Å². The van der Waals surface area contributed by atoms with Crippen LogP contribution in [0.2, 0.25) is 0 Å². The molecular weight excluding hydrogens is 373 g/mol. The van der Waals surface area contributed by atoms with Crippen molar-refractivity contribution >= 4 is 5.96 Å². The molecule has 1 atom stereocenters. The van der Waals surface area contributed by atoms with Crippen LogP contribution >= 0.6 is 0 Å². The van der Waals surface area contributed by atoms with Crippen LogP contribution in [0.5, 0.6) is 5.75 Å². The molecule has 0 radical (unpaired) electrons. The van der Waals surface area contributed by atoms with Crippen molar-refractivity contribution < 1.29 is 22.6 Å². The summed E-state index contributed by atoms with van der Waals surface area (Å²) in [7, 11) is 2.05. The number of nitrogens with zero attached hydrogens (tertiary/aromatic N) is 2. The lowest BCUT2D eigenvalue weighted by molar-refractivity contribution is -0.153. The number of morpholine rings is 1. The Morgan fingerprint density at radius 1 is 1.36 bits per heavy atom. The molecule has 9 heteroatoms. The van der Waals surface area contributed by atoms with Crippen LogP contribution in [0.1, 0.15) is 18.1 Å². The van der Waals surface area contributed by atoms with Gasteiger partial charge in [-0.1, -0.05) is 12.1 Å². The maximum atomic E-state index is 12.5. The van der Waals surface area contributed by atoms with Gasteiger partial charge in [-0.2, -0.15) is 13.2 Å². The number of rotatable bonds is 7. The molecule has 2 N–H and O–H groups in total. The molecule has 6 nitrogen and oxygen atoms in total. The molecule has 1 aliphatic rings. The number of alkyl halides is 3. The molecule has 1 aromatic carbocycles. The molecule has 1 unspecified atom stereocenters. The molecule has 2 rings (SSSR count). The number of ether oxygens (including phenoxy) is 2. The van der Waals surface area contributed by atoms with E-state index in [4.69, 9.17) is 9.47 Å². The molecule has 1 saturated heterocycles. The van der Waals surface area contributed by atoms with Gasteiger partial charge in [-0.3, -0.25) is 0 Å². The lowest BCUT2D eigenvalue weighted by Gasteiger charge is -2.30. The number of guanidine groups is 1. The molecule has 1 aliphatic heterocycles. The summed E-state index contributed by atoms with van der Waals surface area (Å²) >= 11 is 0. The maximum Gasteiger partial charge on any atom is 0.422 e. The highest BCUT2D eigenvalue weighted by molar-refractivity contribution is 5.79. The van der Waals surface area contributed by atoms with Crippen molar-refractivity contribution in [1.82, 2.24) is 15.5 Å². The second-order valence-corrected chi connectivity index (χ2v) is 6.85. The van der Waals surface area contributed by atoms with Crippen molar-refractivity contribution in [1.29, 1.82) is 0 Å². The van der Waals surface area contributed by atoms with E-state index < -0.39 is 12.8 Å². The van der Waals surface area contributed by atoms with Gasteiger partial charge >= 0.3 is 6.18 Å². The van der Waals surface area contributed by atoms with E-state index in [1.54, 1.807) is 19.1 Å². The van der Waals surface area contributed by atoms with Crippen LogP contribution in [-0.4, -0.2) is 69.6 Å². The zero-order valence-corrected chi connectivity index (χ0v) is 16.6. The lowest BCUT2D eigenvalue weighted by Crippen LogP contribution is -2.48. The summed E-state index contributed by atoms with van der Waals surface area (Å²) in [5.41, 5.74) is 1.43. The van der Waals surface area contributed by atoms with Gasteiger partial charge in [0.15, 0.2) is 12.6 Å². The Morgan fingerprint density at radius 3 is 2.82 bits per heavy atom. The average molecular weight is 402 g/mol. The Kier molecular flexibility index (Phi) is 8.37. The first kappa shape index (κ1) is 22.3. The van der Waals surface area contributed by atoms with Crippen molar-refractivity contribution in [2.75, 3.05) is 46.4 Å². The normalized spacial score (nSPS) is 18.8. The van der Waals surface area contributed by atoms with Crippen molar-refractivity contribution in [3.05, 3.63) is 29.3 Å². The van der Waals surface area contributed by atoms with Gasteiger partial charge in [0, 0.05) is 31.7 Å². The van der Waals surface area contributed by atoms with Crippen LogP contribution in [0.25, 0.3) is 0 Å². The number of hydrogen-bond donors (Lipinski definition) is 2. The SMILES string of the molecule is CCNC(=NCc1ccc(C)cc1OCC(F)(F)F)NCC1CN(C)CCO1. The van der Waals surface area contributed by atoms with Gasteiger partial charge in [0.25, 0.3) is 0 Å². The fraction of sp³-hybridized carbons (Fsp3) is 0.632. The summed E-state index contributed by atoms with van der Waals surface area (Å²) in [5, 5.41) is 6.37. The third-order valence-electron chi connectivity index (χ3n) is 4.20. The van der Waals surface area contributed by atoms with Gasteiger partial charge in [0.05, 0.1) is 19.3 Å². The van der Waals surface area contributed by atoms with Crippen LogP contribution in [-0.2, 0) is 11.3 Å². The minimum absolute atomic E-state index is 0.0626. The predicted molar refractivity (Wildman–Crippen MR) is 103 cm³/mol. The zero-order chi connectivity index (χ0) is 20.6. The fourth-order valence-electron chi connectivity index (χ4n) is 2.79. The highest BCUT2D eigenvalue weighted by atomic mass is 19.4. The molecule has 0 bridgehead atoms. The maximum absolute atomic E-state index is 12.5. The molecule has 0 aliphatic carbocycles. The van der Waals surface area contributed by atoms with Crippen molar-refractivity contribution in [2.24, 2.45) is 4.99 Å². The van der Waals surface area contributed by atoms with Crippen LogP contribution < -0.4 is 15.4 Å². The van der Waals surface area contributed by atoms with Crippen molar-refractivity contribution in [3.8, 4) is 5.75 Å². The first-order valence-electron chi connectivity index (χ1n) is 9.38. The number of aryl methyl sites for hydroxylation is 1. The standard InChI is InChI=1S/C19H29F3N4O2/c1-4-23-18(25-11-16-12-26(3)7-8-27-16)24-10-15-6-5-14(2)9-17(15)28-13-19(20,21)22/h5-6,9,16H,4,7-8,10-13H2,1-3H3,(H2,23,24,25). The van der Waals surface area contributed by atoms with E-state index in [0.29, 0.717) is 31.2 Å². The third kappa shape index (κ3) is 7.93. The molecule has 1 heterocycles. The smallest absolute Gasteiger partial charge is 0.422 e. The Balaban J connectivity index is 2.00. The van der Waals surface area contributed by atoms with Crippen LogP contribution in [0.4, 0.5) is 13.2 Å². The summed E-state index contributed by atoms with van der Waals surface area (Å²) < 4.78 is 48.2. The topological polar surface area (TPSA) is 58.1 Å². The van der Waals surface area contributed by atoms with E-state index in [9.17, 15) is 13.2 Å². The first-order valence-corrected chi connectivity index (χ1v) is 9.38. The van der Waals surface area contributed by atoms with E-state index in [0.717, 1.165) is 18.7 Å². The number of benzene rings is 1. The molecule has 0 saturated carbocycles. The van der Waals surface area contributed by atoms with E-state index in [1.165, 1.54) is 0 Å². The summed E-state index contributed by atoms with van der Waals surface area (Å²) in [4.78, 5) is 6.69. The van der Waals surface area contributed by atoms with Gasteiger partial charge in [0.2, 0.25) is 0 Å². The van der Waals surface area contributed by atoms with Crippen LogP contribution in [0.15, 0.2) is 23.2 Å². The largest absolute Gasteiger partial charge is 0.484 e. The number of hydrogen-bond acceptors (Lipinski definition) is 4. The van der Waals surface area contributed by atoms with E-state index in [1.807, 2.05) is 13.0 Å². The molecule has 1 fully saturated rings. The van der Waals surface area contributed by atoms with E-state index in [2.05, 4.69) is 27.6 Å². The highest BCUT2D eigenvalue weighted by Crippen LogP contribution is 2.24. The monoisotopic (exact) mass is 402 g/mol. The fourth-order valence-corrected chi connectivity index (χ4v) is 2.79. The molecule has 28 heavy (non-hydrogen) atoms. The van der Waals surface area contributed by atoms with Crippen LogP contribution in [0.3, 0.4) is 0 Å². The number of likely N-dealkylation sites (N-methyl/N-ethyl adjacent to an activating group) is 1. The molecule has 0 amide bonds. The van der Waals surface area contributed by atoms with Crippen LogP contribution in [0, 0.1) is 6.92 Å². The Hall–Kier alpha value is -2.00. The first-order chi connectivity index (χ1) is 13.3. The zero-order valence-electron chi connectivity index (χ0n) is 16.6. The lowest BCUT2D eigenvalue weighted by atomic mass is 10.1. The van der Waals surface area contributed by atoms with Gasteiger partial charge in [-0.15, -0.1) is 0 Å². The third-order valence-corrected chi connectivity index (χ3v) is 4.20. The quantitative estimate of drug-likeness (QED) is 0.542. The average Bonchev–Trinajstić information content (AvgIpc) is 2.63. The second-order valence-electron chi connectivity index (χ2n) is 6.85. The predicted octanol–water partition coefficient (Wildman–Crippen LogP) is 2.32. The van der Waals surface area contributed by atoms with Gasteiger partial charge in [-0.05, 0) is 32.5 Å². The Labute approximate surface area is 164 Å². The summed E-state index contributed by atoms with van der Waals surface area (Å²) in [6, 6.07) is 5.17. The molecule has 0 aromatic heterocycles. The molecule has 158 valence electrons. The molecular formula is C19H29F3N4O2. The van der Waals surface area contributed by atoms with E-state index in [-0.39, 0.29) is 18.4 Å². The Bertz CT molecular complexity index is 653. The van der Waals surface area contributed by atoms with Gasteiger partial charge < -0.3 is 25.0 Å². The molecule has 0 spiro atoms. The second kappa shape index (κ2) is 10.5. The summed E-state index contributed by atoms with van der Waals surface area (Å²) in [6.45, 7) is 6.35. The van der Waals surface area contributed by atoms with Gasteiger partial charge in [-0.25, -0.2) is 4.99 Å². The minimum atomic E-state index is -4.38. The Morgan fingerprint density at radius 2 is 2.14 bits per heavy atom. The summed E-state index contributed by atoms with van der Waals surface area (Å²) in [5.74, 6) is 0.788. The van der Waals surface area contributed by atoms with Crippen molar-refractivity contribution in [2.45, 2.75) is 32.7 Å². The minimum Gasteiger partial charge on any atom is -0.484 e. The van der Waals surface area contributed by atoms with Crippen molar-refractivity contribution in [3.63, 3.8) is 0 Å². The van der Waals surface area contributed by atoms with Gasteiger partial charge in [0.1, 0.15) is 5.75 Å². The summed E-state index contributed by atoms with van der Waals surface area (Å²) in [6.07, 6.45) is -4.32. The number of aliphatic imine (C=N–C) groups is 1. The molecule has 1 aromatic rings. The number of nitrogens with one attached hydrogen (secondary N) is 2. The number of halogens is 3.